The molecule has 2 rings (SSSR count). The highest BCUT2D eigenvalue weighted by molar-refractivity contribution is 5.37. The van der Waals surface area contributed by atoms with Crippen molar-refractivity contribution in [3.05, 3.63) is 52.3 Å². The summed E-state index contributed by atoms with van der Waals surface area (Å²) in [6, 6.07) is 2.89. The average molecular weight is 251 g/mol. The molecule has 1 aromatic heterocycles. The van der Waals surface area contributed by atoms with Crippen LogP contribution in [0, 0.1) is 25.5 Å². The van der Waals surface area contributed by atoms with Crippen molar-refractivity contribution in [2.75, 3.05) is 0 Å². The van der Waals surface area contributed by atoms with Crippen molar-refractivity contribution in [2.24, 2.45) is 12.8 Å². The molecule has 0 spiro atoms. The fourth-order valence-electron chi connectivity index (χ4n) is 2.19. The highest BCUT2D eigenvalue weighted by atomic mass is 19.1. The Morgan fingerprint density at radius 1 is 1.17 bits per heavy atom. The normalized spacial score (nSPS) is 12.8. The van der Waals surface area contributed by atoms with Gasteiger partial charge < -0.3 is 5.73 Å². The van der Waals surface area contributed by atoms with E-state index >= 15 is 0 Å². The Bertz CT molecular complexity index is 570. The minimum atomic E-state index is -0.847. The van der Waals surface area contributed by atoms with Crippen LogP contribution in [0.15, 0.2) is 18.2 Å². The van der Waals surface area contributed by atoms with E-state index in [0.717, 1.165) is 5.69 Å². The average Bonchev–Trinajstić information content (AvgIpc) is 2.52. The largest absolute Gasteiger partial charge is 0.320 e. The molecule has 1 unspecified atom stereocenters. The zero-order valence-corrected chi connectivity index (χ0v) is 10.5. The molecule has 1 heterocycles. The summed E-state index contributed by atoms with van der Waals surface area (Å²) in [4.78, 5) is 0. The van der Waals surface area contributed by atoms with Crippen molar-refractivity contribution in [1.82, 2.24) is 9.78 Å². The van der Waals surface area contributed by atoms with Crippen LogP contribution in [0.3, 0.4) is 0 Å². The molecule has 1 atom stereocenters. The first-order valence-electron chi connectivity index (χ1n) is 5.63. The highest BCUT2D eigenvalue weighted by Gasteiger charge is 2.23. The second-order valence-corrected chi connectivity index (χ2v) is 4.32. The molecular weight excluding hydrogens is 236 g/mol. The molecule has 18 heavy (non-hydrogen) atoms. The van der Waals surface area contributed by atoms with Gasteiger partial charge in [-0.15, -0.1) is 0 Å². The third-order valence-corrected chi connectivity index (χ3v) is 3.19. The van der Waals surface area contributed by atoms with Crippen molar-refractivity contribution < 1.29 is 8.78 Å². The maximum atomic E-state index is 13.7. The molecule has 96 valence electrons. The third kappa shape index (κ3) is 1.90. The minimum absolute atomic E-state index is 0.114. The summed E-state index contributed by atoms with van der Waals surface area (Å²) >= 11 is 0. The van der Waals surface area contributed by atoms with Crippen LogP contribution in [0.4, 0.5) is 8.78 Å². The lowest BCUT2D eigenvalue weighted by Crippen LogP contribution is -2.17. The van der Waals surface area contributed by atoms with Crippen LogP contribution in [0.2, 0.25) is 0 Å². The van der Waals surface area contributed by atoms with Crippen molar-refractivity contribution in [2.45, 2.75) is 19.9 Å². The topological polar surface area (TPSA) is 43.8 Å². The molecule has 2 N–H and O–H groups in total. The Kier molecular flexibility index (Phi) is 3.17. The fourth-order valence-corrected chi connectivity index (χ4v) is 2.19. The van der Waals surface area contributed by atoms with Crippen LogP contribution in [-0.4, -0.2) is 9.78 Å². The van der Waals surface area contributed by atoms with Crippen LogP contribution in [0.1, 0.15) is 28.6 Å². The summed E-state index contributed by atoms with van der Waals surface area (Å²) in [5, 5.41) is 4.21. The fraction of sp³-hybridized carbons (Fsp3) is 0.308. The van der Waals surface area contributed by atoms with Gasteiger partial charge in [0.05, 0.1) is 11.7 Å². The van der Waals surface area contributed by atoms with Crippen LogP contribution < -0.4 is 5.73 Å². The quantitative estimate of drug-likeness (QED) is 0.890. The Morgan fingerprint density at radius 3 is 2.17 bits per heavy atom. The summed E-state index contributed by atoms with van der Waals surface area (Å²) in [6.45, 7) is 3.61. The van der Waals surface area contributed by atoms with E-state index in [2.05, 4.69) is 5.10 Å². The lowest BCUT2D eigenvalue weighted by atomic mass is 9.97. The molecule has 0 amide bonds. The van der Waals surface area contributed by atoms with E-state index in [1.807, 2.05) is 6.92 Å². The number of benzene rings is 1. The second-order valence-electron chi connectivity index (χ2n) is 4.32. The van der Waals surface area contributed by atoms with E-state index in [4.69, 9.17) is 5.73 Å². The van der Waals surface area contributed by atoms with Crippen molar-refractivity contribution in [3.8, 4) is 0 Å². The van der Waals surface area contributed by atoms with Gasteiger partial charge in [-0.3, -0.25) is 4.68 Å². The highest BCUT2D eigenvalue weighted by Crippen LogP contribution is 2.28. The molecule has 3 nitrogen and oxygen atoms in total. The van der Waals surface area contributed by atoms with Crippen molar-refractivity contribution in [1.29, 1.82) is 0 Å². The van der Waals surface area contributed by atoms with E-state index in [9.17, 15) is 8.78 Å². The molecule has 2 aromatic rings. The number of aryl methyl sites for hydroxylation is 2. The van der Waals surface area contributed by atoms with Gasteiger partial charge in [0.2, 0.25) is 0 Å². The Balaban J connectivity index is 2.58. The van der Waals surface area contributed by atoms with Gasteiger partial charge in [-0.25, -0.2) is 8.78 Å². The molecule has 0 aliphatic carbocycles. The molecule has 0 saturated heterocycles. The van der Waals surface area contributed by atoms with Crippen LogP contribution in [-0.2, 0) is 7.05 Å². The van der Waals surface area contributed by atoms with Crippen molar-refractivity contribution >= 4 is 0 Å². The Labute approximate surface area is 104 Å². The lowest BCUT2D eigenvalue weighted by molar-refractivity contribution is 0.542. The molecular formula is C13H15F2N3. The monoisotopic (exact) mass is 251 g/mol. The van der Waals surface area contributed by atoms with E-state index < -0.39 is 17.7 Å². The summed E-state index contributed by atoms with van der Waals surface area (Å²) in [7, 11) is 1.77. The second kappa shape index (κ2) is 4.49. The lowest BCUT2D eigenvalue weighted by Gasteiger charge is -2.14. The van der Waals surface area contributed by atoms with Gasteiger partial charge in [-0.05, 0) is 26.0 Å². The smallest absolute Gasteiger partial charge is 0.131 e. The van der Waals surface area contributed by atoms with Crippen LogP contribution in [0.25, 0.3) is 0 Å². The number of nitrogens with zero attached hydrogens (tertiary/aromatic N) is 2. The number of rotatable bonds is 2. The van der Waals surface area contributed by atoms with Gasteiger partial charge >= 0.3 is 0 Å². The number of aromatic nitrogens is 2. The number of hydrogen-bond acceptors (Lipinski definition) is 2. The van der Waals surface area contributed by atoms with Gasteiger partial charge in [-0.1, -0.05) is 6.07 Å². The predicted octanol–water partition coefficient (Wildman–Crippen LogP) is 2.36. The van der Waals surface area contributed by atoms with Gasteiger partial charge in [0, 0.05) is 23.9 Å². The molecule has 0 saturated carbocycles. The summed E-state index contributed by atoms with van der Waals surface area (Å²) in [6.07, 6.45) is 0. The van der Waals surface area contributed by atoms with Gasteiger partial charge in [0.25, 0.3) is 0 Å². The molecule has 0 radical (unpaired) electrons. The standard InChI is InChI=1S/C13H15F2N3/c1-7-11(8(2)18(3)17-7)13(16)12-9(14)5-4-6-10(12)15/h4-6,13H,16H2,1-3H3. The maximum absolute atomic E-state index is 13.7. The molecule has 0 bridgehead atoms. The maximum Gasteiger partial charge on any atom is 0.131 e. The van der Waals surface area contributed by atoms with E-state index in [0.29, 0.717) is 11.3 Å². The van der Waals surface area contributed by atoms with E-state index in [1.165, 1.54) is 18.2 Å². The van der Waals surface area contributed by atoms with E-state index in [1.54, 1.807) is 18.7 Å². The summed E-state index contributed by atoms with van der Waals surface area (Å²) in [5.74, 6) is -1.27. The Morgan fingerprint density at radius 2 is 1.72 bits per heavy atom. The SMILES string of the molecule is Cc1nn(C)c(C)c1C(N)c1c(F)cccc1F. The predicted molar refractivity (Wildman–Crippen MR) is 65.1 cm³/mol. The number of nitrogens with two attached hydrogens (primary N) is 1. The van der Waals surface area contributed by atoms with Crippen LogP contribution >= 0.6 is 0 Å². The zero-order chi connectivity index (χ0) is 13.4. The first-order chi connectivity index (χ1) is 8.43. The molecule has 0 fully saturated rings. The number of hydrogen-bond donors (Lipinski definition) is 1. The molecule has 5 heteroatoms. The first-order valence-corrected chi connectivity index (χ1v) is 5.63. The molecule has 1 aromatic carbocycles. The summed E-state index contributed by atoms with van der Waals surface area (Å²) in [5.41, 5.74) is 8.05. The number of halogens is 2. The molecule has 0 aliphatic rings. The molecule has 0 aliphatic heterocycles. The van der Waals surface area contributed by atoms with Crippen LogP contribution in [0.5, 0.6) is 0 Å². The van der Waals surface area contributed by atoms with Crippen molar-refractivity contribution in [3.63, 3.8) is 0 Å². The van der Waals surface area contributed by atoms with Gasteiger partial charge in [0.15, 0.2) is 0 Å². The van der Waals surface area contributed by atoms with Gasteiger partial charge in [-0.2, -0.15) is 5.10 Å². The zero-order valence-electron chi connectivity index (χ0n) is 10.5. The Hall–Kier alpha value is -1.75. The summed E-state index contributed by atoms with van der Waals surface area (Å²) < 4.78 is 29.1. The minimum Gasteiger partial charge on any atom is -0.320 e. The van der Waals surface area contributed by atoms with E-state index in [-0.39, 0.29) is 5.56 Å². The first kappa shape index (κ1) is 12.7. The third-order valence-electron chi connectivity index (χ3n) is 3.19. The van der Waals surface area contributed by atoms with Gasteiger partial charge in [0.1, 0.15) is 11.6 Å².